The molecule has 0 radical (unpaired) electrons. The molecule has 1 unspecified atom stereocenters. The number of nitrogens with one attached hydrogen (secondary N) is 1. The van der Waals surface area contributed by atoms with E-state index in [4.69, 9.17) is 4.74 Å². The highest BCUT2D eigenvalue weighted by molar-refractivity contribution is 5.79. The van der Waals surface area contributed by atoms with Crippen LogP contribution in [0.15, 0.2) is 46.1 Å². The number of benzene rings is 1. The molecule has 180 valence electrons. The van der Waals surface area contributed by atoms with Crippen LogP contribution in [-0.2, 0) is 9.53 Å². The van der Waals surface area contributed by atoms with Crippen molar-refractivity contribution in [3.8, 4) is 11.1 Å². The minimum atomic E-state index is -0.739. The number of hydrogen-bond acceptors (Lipinski definition) is 5. The minimum Gasteiger partial charge on any atom is -0.465 e. The van der Waals surface area contributed by atoms with E-state index >= 15 is 0 Å². The lowest BCUT2D eigenvalue weighted by Gasteiger charge is -2.32. The van der Waals surface area contributed by atoms with Gasteiger partial charge < -0.3 is 4.74 Å². The van der Waals surface area contributed by atoms with Crippen molar-refractivity contribution in [3.63, 3.8) is 0 Å². The summed E-state index contributed by atoms with van der Waals surface area (Å²) in [4.78, 5) is 51.7. The Bertz CT molecular complexity index is 1050. The number of unbranched alkanes of at least 4 members (excludes halogenated alkanes) is 2. The number of nitrogens with zero attached hydrogens (tertiary/aromatic N) is 1. The van der Waals surface area contributed by atoms with Crippen LogP contribution in [0.25, 0.3) is 11.1 Å². The molecule has 0 aliphatic rings. The van der Waals surface area contributed by atoms with E-state index in [9.17, 15) is 19.2 Å². The van der Waals surface area contributed by atoms with Crippen molar-refractivity contribution in [3.05, 3.63) is 57.4 Å². The number of esters is 1. The van der Waals surface area contributed by atoms with Crippen molar-refractivity contribution >= 4 is 11.9 Å². The molecule has 0 fully saturated rings. The second-order valence-electron chi connectivity index (χ2n) is 9.55. The summed E-state index contributed by atoms with van der Waals surface area (Å²) < 4.78 is 6.50. The first kappa shape index (κ1) is 26.3. The molecular formula is C26H36N2O5. The van der Waals surface area contributed by atoms with E-state index in [0.29, 0.717) is 37.4 Å². The third-order valence-corrected chi connectivity index (χ3v) is 6.14. The van der Waals surface area contributed by atoms with Gasteiger partial charge in [0.25, 0.3) is 5.56 Å². The quantitative estimate of drug-likeness (QED) is 0.392. The third-order valence-electron chi connectivity index (χ3n) is 6.14. The highest BCUT2D eigenvalue weighted by atomic mass is 16.5. The van der Waals surface area contributed by atoms with Gasteiger partial charge in [-0.25, -0.2) is 9.36 Å². The number of carbonyl (C=O) groups excluding carboxylic acids is 2. The molecule has 2 rings (SSSR count). The molecule has 33 heavy (non-hydrogen) atoms. The van der Waals surface area contributed by atoms with Crippen molar-refractivity contribution in [1.82, 2.24) is 9.55 Å². The van der Waals surface area contributed by atoms with Crippen LogP contribution in [0.3, 0.4) is 0 Å². The van der Waals surface area contributed by atoms with Crippen LogP contribution < -0.4 is 11.2 Å². The molecule has 0 aliphatic heterocycles. The average Bonchev–Trinajstić information content (AvgIpc) is 2.75. The van der Waals surface area contributed by atoms with E-state index < -0.39 is 16.7 Å². The summed E-state index contributed by atoms with van der Waals surface area (Å²) in [6.45, 7) is 10.5. The Labute approximate surface area is 195 Å². The minimum absolute atomic E-state index is 0.158. The van der Waals surface area contributed by atoms with Crippen molar-refractivity contribution in [1.29, 1.82) is 0 Å². The molecule has 2 aromatic rings. The lowest BCUT2D eigenvalue weighted by Crippen LogP contribution is -2.36. The van der Waals surface area contributed by atoms with Gasteiger partial charge in [0.15, 0.2) is 0 Å². The van der Waals surface area contributed by atoms with Gasteiger partial charge in [-0.3, -0.25) is 19.4 Å². The largest absolute Gasteiger partial charge is 0.465 e. The number of carbonyl (C=O) groups is 2. The predicted octanol–water partition coefficient (Wildman–Crippen LogP) is 4.66. The Kier molecular flexibility index (Phi) is 9.38. The van der Waals surface area contributed by atoms with Gasteiger partial charge in [-0.1, -0.05) is 58.0 Å². The van der Waals surface area contributed by atoms with Gasteiger partial charge in [-0.15, -0.1) is 0 Å². The van der Waals surface area contributed by atoms with Crippen LogP contribution >= 0.6 is 0 Å². The van der Waals surface area contributed by atoms with E-state index in [1.807, 2.05) is 26.8 Å². The second kappa shape index (κ2) is 11.8. The number of rotatable bonds is 11. The lowest BCUT2D eigenvalue weighted by atomic mass is 9.73. The predicted molar refractivity (Wildman–Crippen MR) is 129 cm³/mol. The lowest BCUT2D eigenvalue weighted by molar-refractivity contribution is -0.159. The highest BCUT2D eigenvalue weighted by Crippen LogP contribution is 2.35. The fourth-order valence-electron chi connectivity index (χ4n) is 3.89. The zero-order valence-electron chi connectivity index (χ0n) is 20.3. The van der Waals surface area contributed by atoms with Crippen molar-refractivity contribution < 1.29 is 14.3 Å². The molecule has 0 aliphatic carbocycles. The van der Waals surface area contributed by atoms with Crippen molar-refractivity contribution in [2.24, 2.45) is 17.3 Å². The van der Waals surface area contributed by atoms with E-state index in [1.165, 1.54) is 6.20 Å². The smallest absolute Gasteiger partial charge is 0.335 e. The second-order valence-corrected chi connectivity index (χ2v) is 9.55. The summed E-state index contributed by atoms with van der Waals surface area (Å²) in [6.07, 6.45) is 4.12. The first-order valence-corrected chi connectivity index (χ1v) is 11.7. The molecule has 1 aromatic heterocycles. The highest BCUT2D eigenvalue weighted by Gasteiger charge is 2.38. The summed E-state index contributed by atoms with van der Waals surface area (Å²) >= 11 is 0. The maximum Gasteiger partial charge on any atom is 0.335 e. The molecule has 0 spiro atoms. The molecule has 0 saturated carbocycles. The van der Waals surface area contributed by atoms with Crippen molar-refractivity contribution in [2.75, 3.05) is 6.61 Å². The Morgan fingerprint density at radius 1 is 1.03 bits per heavy atom. The third kappa shape index (κ3) is 7.01. The number of aromatic amines is 1. The molecule has 1 N–H and O–H groups in total. The van der Waals surface area contributed by atoms with E-state index in [1.54, 1.807) is 24.3 Å². The fourth-order valence-corrected chi connectivity index (χ4v) is 3.89. The van der Waals surface area contributed by atoms with Gasteiger partial charge in [-0.2, -0.15) is 0 Å². The summed E-state index contributed by atoms with van der Waals surface area (Å²) in [5.74, 6) is 0.0291. The van der Waals surface area contributed by atoms with Gasteiger partial charge in [0.2, 0.25) is 5.91 Å². The summed E-state index contributed by atoms with van der Waals surface area (Å²) in [5.41, 5.74) is -0.871. The topological polar surface area (TPSA) is 98.2 Å². The standard InChI is InChI=1S/C26H36N2O5/c1-18(2)16-26(5,19(3)4)24(31)33-15-11-7-10-14-22(29)28-17-21(23(30)27-25(28)32)20-12-8-6-9-13-20/h6,8-9,12-13,17-19H,7,10-11,14-16H2,1-5H3,(H,27,30,32). The Hall–Kier alpha value is -2.96. The van der Waals surface area contributed by atoms with E-state index in [2.05, 4.69) is 18.8 Å². The number of hydrogen-bond donors (Lipinski definition) is 1. The molecular weight excluding hydrogens is 420 g/mol. The van der Waals surface area contributed by atoms with E-state index in [0.717, 1.165) is 11.0 Å². The molecule has 7 nitrogen and oxygen atoms in total. The van der Waals surface area contributed by atoms with Gasteiger partial charge in [-0.05, 0) is 50.0 Å². The zero-order valence-corrected chi connectivity index (χ0v) is 20.3. The van der Waals surface area contributed by atoms with E-state index in [-0.39, 0.29) is 29.8 Å². The molecule has 0 saturated heterocycles. The molecule has 0 amide bonds. The Morgan fingerprint density at radius 2 is 1.70 bits per heavy atom. The number of aromatic nitrogens is 2. The normalized spacial score (nSPS) is 13.2. The molecule has 0 bridgehead atoms. The van der Waals surface area contributed by atoms with Crippen LogP contribution in [0.2, 0.25) is 0 Å². The number of ether oxygens (including phenoxy) is 1. The molecule has 1 atom stereocenters. The van der Waals surface area contributed by atoms with Crippen LogP contribution in [-0.4, -0.2) is 28.0 Å². The van der Waals surface area contributed by atoms with Gasteiger partial charge in [0, 0.05) is 12.6 Å². The average molecular weight is 457 g/mol. The van der Waals surface area contributed by atoms with Gasteiger partial charge in [0.1, 0.15) is 0 Å². The maximum absolute atomic E-state index is 12.6. The molecule has 7 heteroatoms. The fraction of sp³-hybridized carbons (Fsp3) is 0.538. The summed E-state index contributed by atoms with van der Waals surface area (Å²) in [6, 6.07) is 8.88. The van der Waals surface area contributed by atoms with Crippen LogP contribution in [0.1, 0.15) is 71.5 Å². The van der Waals surface area contributed by atoms with Crippen LogP contribution in [0.5, 0.6) is 0 Å². The summed E-state index contributed by atoms with van der Waals surface area (Å²) in [5, 5.41) is 0. The monoisotopic (exact) mass is 456 g/mol. The first-order valence-electron chi connectivity index (χ1n) is 11.7. The van der Waals surface area contributed by atoms with Crippen molar-refractivity contribution in [2.45, 2.75) is 66.7 Å². The first-order chi connectivity index (χ1) is 15.6. The van der Waals surface area contributed by atoms with Gasteiger partial charge >= 0.3 is 11.7 Å². The SMILES string of the molecule is CC(C)CC(C)(C(=O)OCCCCCC(=O)n1cc(-c2ccccc2)c(=O)[nH]c1=O)C(C)C. The Balaban J connectivity index is 1.87. The van der Waals surface area contributed by atoms with Crippen LogP contribution in [0.4, 0.5) is 0 Å². The maximum atomic E-state index is 12.6. The Morgan fingerprint density at radius 3 is 2.30 bits per heavy atom. The molecule has 1 aromatic carbocycles. The zero-order chi connectivity index (χ0) is 24.6. The van der Waals surface area contributed by atoms with Gasteiger partial charge in [0.05, 0.1) is 17.6 Å². The molecule has 1 heterocycles. The van der Waals surface area contributed by atoms with Crippen LogP contribution in [0, 0.1) is 17.3 Å². The number of H-pyrrole nitrogens is 1. The summed E-state index contributed by atoms with van der Waals surface area (Å²) in [7, 11) is 0.